The van der Waals surface area contributed by atoms with Crippen molar-refractivity contribution in [2.45, 2.75) is 57.4 Å². The fourth-order valence-corrected chi connectivity index (χ4v) is 3.91. The Morgan fingerprint density at radius 3 is 2.59 bits per heavy atom. The van der Waals surface area contributed by atoms with Gasteiger partial charge < -0.3 is 10.6 Å². The molecule has 2 amide bonds. The number of hydrogen-bond donors (Lipinski definition) is 2. The summed E-state index contributed by atoms with van der Waals surface area (Å²) < 4.78 is 0. The first-order chi connectivity index (χ1) is 13.2. The summed E-state index contributed by atoms with van der Waals surface area (Å²) in [5.74, 6) is 0. The number of carbonyl (C=O) groups excluding carboxylic acids is 1. The van der Waals surface area contributed by atoms with Crippen molar-refractivity contribution in [1.29, 1.82) is 5.26 Å². The van der Waals surface area contributed by atoms with E-state index in [4.69, 9.17) is 5.26 Å². The third-order valence-corrected chi connectivity index (χ3v) is 5.51. The molecule has 5 nitrogen and oxygen atoms in total. The van der Waals surface area contributed by atoms with Gasteiger partial charge >= 0.3 is 6.03 Å². The van der Waals surface area contributed by atoms with Gasteiger partial charge in [-0.25, -0.2) is 4.79 Å². The topological polar surface area (TPSA) is 68.2 Å². The fourth-order valence-electron chi connectivity index (χ4n) is 3.91. The first-order valence-corrected chi connectivity index (χ1v) is 10.2. The first kappa shape index (κ1) is 19.4. The molecule has 0 unspecified atom stereocenters. The van der Waals surface area contributed by atoms with Crippen LogP contribution in [-0.2, 0) is 0 Å². The number of anilines is 1. The van der Waals surface area contributed by atoms with Gasteiger partial charge in [0.25, 0.3) is 0 Å². The van der Waals surface area contributed by atoms with Crippen molar-refractivity contribution in [3.05, 3.63) is 41.5 Å². The molecule has 27 heavy (non-hydrogen) atoms. The molecule has 1 fully saturated rings. The van der Waals surface area contributed by atoms with E-state index in [2.05, 4.69) is 27.7 Å². The number of piperidine rings is 1. The van der Waals surface area contributed by atoms with Crippen LogP contribution in [0.15, 0.2) is 35.9 Å². The minimum atomic E-state index is -0.166. The van der Waals surface area contributed by atoms with Gasteiger partial charge in [-0.05, 0) is 62.8 Å². The third-order valence-electron chi connectivity index (χ3n) is 5.51. The molecule has 5 heteroatoms. The molecule has 1 aliphatic heterocycles. The summed E-state index contributed by atoms with van der Waals surface area (Å²) in [5.41, 5.74) is 2.91. The second kappa shape index (κ2) is 10.1. The number of amides is 2. The van der Waals surface area contributed by atoms with Crippen LogP contribution in [0.5, 0.6) is 0 Å². The molecule has 0 atom stereocenters. The van der Waals surface area contributed by atoms with Crippen LogP contribution in [0.1, 0.15) is 56.9 Å². The highest BCUT2D eigenvalue weighted by Crippen LogP contribution is 2.20. The van der Waals surface area contributed by atoms with E-state index >= 15 is 0 Å². The van der Waals surface area contributed by atoms with Gasteiger partial charge in [-0.15, -0.1) is 0 Å². The summed E-state index contributed by atoms with van der Waals surface area (Å²) in [4.78, 5) is 14.7. The number of allylic oxidation sites excluding steroid dienone is 1. The summed E-state index contributed by atoms with van der Waals surface area (Å²) in [6, 6.07) is 9.06. The molecule has 1 heterocycles. The molecular weight excluding hydrogens is 336 g/mol. The summed E-state index contributed by atoms with van der Waals surface area (Å²) >= 11 is 0. The summed E-state index contributed by atoms with van der Waals surface area (Å²) in [6.07, 6.45) is 12.4. The predicted molar refractivity (Wildman–Crippen MR) is 109 cm³/mol. The number of hydrogen-bond acceptors (Lipinski definition) is 3. The Kier molecular flexibility index (Phi) is 7.29. The Labute approximate surface area is 162 Å². The van der Waals surface area contributed by atoms with Crippen LogP contribution in [0.4, 0.5) is 10.5 Å². The third kappa shape index (κ3) is 6.41. The van der Waals surface area contributed by atoms with Crippen LogP contribution >= 0.6 is 0 Å². The molecule has 0 saturated carbocycles. The lowest BCUT2D eigenvalue weighted by atomic mass is 9.98. The molecule has 0 radical (unpaired) electrons. The van der Waals surface area contributed by atoms with E-state index in [1.807, 2.05) is 0 Å². The molecular formula is C22H30N4O. The van der Waals surface area contributed by atoms with Crippen molar-refractivity contribution in [3.8, 4) is 6.07 Å². The zero-order chi connectivity index (χ0) is 18.9. The minimum Gasteiger partial charge on any atom is -0.335 e. The molecule has 0 bridgehead atoms. The number of benzene rings is 1. The van der Waals surface area contributed by atoms with Crippen molar-refractivity contribution in [2.75, 3.05) is 25.0 Å². The number of urea groups is 1. The van der Waals surface area contributed by atoms with E-state index in [1.165, 1.54) is 38.5 Å². The van der Waals surface area contributed by atoms with Crippen LogP contribution in [0, 0.1) is 11.3 Å². The van der Waals surface area contributed by atoms with Gasteiger partial charge in [-0.3, -0.25) is 4.90 Å². The molecule has 2 N–H and O–H groups in total. The van der Waals surface area contributed by atoms with E-state index in [0.29, 0.717) is 11.3 Å². The smallest absolute Gasteiger partial charge is 0.319 e. The zero-order valence-electron chi connectivity index (χ0n) is 16.0. The first-order valence-electron chi connectivity index (χ1n) is 10.2. The maximum absolute atomic E-state index is 12.2. The SMILES string of the molecule is N#Cc1ccc(NC(=O)NC2CCN(CC3=CCCCCCC3)CC2)cc1. The van der Waals surface area contributed by atoms with E-state index in [0.717, 1.165) is 32.5 Å². The molecule has 1 aliphatic carbocycles. The molecule has 1 aromatic carbocycles. The standard InChI is InChI=1S/C22H30N4O/c23-16-18-8-10-20(11-9-18)24-22(27)25-21-12-14-26(15-13-21)17-19-6-4-2-1-3-5-7-19/h6,8-11,21H,1-5,7,12-15,17H2,(H2,24,25,27). The van der Waals surface area contributed by atoms with Crippen molar-refractivity contribution >= 4 is 11.7 Å². The molecule has 144 valence electrons. The Morgan fingerprint density at radius 2 is 1.85 bits per heavy atom. The molecule has 0 spiro atoms. The Morgan fingerprint density at radius 1 is 1.11 bits per heavy atom. The lowest BCUT2D eigenvalue weighted by molar-refractivity contribution is 0.205. The van der Waals surface area contributed by atoms with Crippen molar-refractivity contribution in [3.63, 3.8) is 0 Å². The second-order valence-electron chi connectivity index (χ2n) is 7.65. The van der Waals surface area contributed by atoms with Crippen LogP contribution in [0.3, 0.4) is 0 Å². The highest BCUT2D eigenvalue weighted by Gasteiger charge is 2.21. The maximum Gasteiger partial charge on any atom is 0.319 e. The Bertz CT molecular complexity index is 681. The van der Waals surface area contributed by atoms with Crippen LogP contribution in [-0.4, -0.2) is 36.6 Å². The average molecular weight is 367 g/mol. The largest absolute Gasteiger partial charge is 0.335 e. The van der Waals surface area contributed by atoms with Crippen LogP contribution in [0.25, 0.3) is 0 Å². The lowest BCUT2D eigenvalue weighted by Crippen LogP contribution is -2.46. The number of rotatable bonds is 4. The monoisotopic (exact) mass is 366 g/mol. The summed E-state index contributed by atoms with van der Waals surface area (Å²) in [5, 5.41) is 14.8. The average Bonchev–Trinajstić information content (AvgIpc) is 2.66. The number of nitrogens with one attached hydrogen (secondary N) is 2. The predicted octanol–water partition coefficient (Wildman–Crippen LogP) is 4.42. The van der Waals surface area contributed by atoms with Crippen molar-refractivity contribution in [1.82, 2.24) is 10.2 Å². The van der Waals surface area contributed by atoms with Gasteiger partial charge in [0.1, 0.15) is 0 Å². The van der Waals surface area contributed by atoms with E-state index < -0.39 is 0 Å². The van der Waals surface area contributed by atoms with Crippen molar-refractivity contribution < 1.29 is 4.79 Å². The van der Waals surface area contributed by atoms with Gasteiger partial charge in [-0.2, -0.15) is 5.26 Å². The highest BCUT2D eigenvalue weighted by atomic mass is 16.2. The van der Waals surface area contributed by atoms with Gasteiger partial charge in [0, 0.05) is 31.4 Å². The van der Waals surface area contributed by atoms with E-state index in [-0.39, 0.29) is 12.1 Å². The minimum absolute atomic E-state index is 0.166. The van der Waals surface area contributed by atoms with Gasteiger partial charge in [0.05, 0.1) is 11.6 Å². The maximum atomic E-state index is 12.2. The van der Waals surface area contributed by atoms with Gasteiger partial charge in [0.2, 0.25) is 0 Å². The summed E-state index contributed by atoms with van der Waals surface area (Å²) in [7, 11) is 0. The molecule has 1 saturated heterocycles. The Hall–Kier alpha value is -2.32. The normalized spacial score (nSPS) is 19.3. The van der Waals surface area contributed by atoms with Gasteiger partial charge in [-0.1, -0.05) is 24.5 Å². The lowest BCUT2D eigenvalue weighted by Gasteiger charge is -2.33. The zero-order valence-corrected chi connectivity index (χ0v) is 16.0. The van der Waals surface area contributed by atoms with Crippen LogP contribution < -0.4 is 10.6 Å². The van der Waals surface area contributed by atoms with E-state index in [1.54, 1.807) is 29.8 Å². The molecule has 2 aliphatic rings. The van der Waals surface area contributed by atoms with E-state index in [9.17, 15) is 4.79 Å². The van der Waals surface area contributed by atoms with Crippen LogP contribution in [0.2, 0.25) is 0 Å². The number of nitriles is 1. The number of likely N-dealkylation sites (tertiary alicyclic amines) is 1. The molecule has 1 aromatic rings. The number of nitrogens with zero attached hydrogens (tertiary/aromatic N) is 2. The van der Waals surface area contributed by atoms with Gasteiger partial charge in [0.15, 0.2) is 0 Å². The Balaban J connectivity index is 1.39. The van der Waals surface area contributed by atoms with Crippen molar-refractivity contribution in [2.24, 2.45) is 0 Å². The highest BCUT2D eigenvalue weighted by molar-refractivity contribution is 5.89. The quantitative estimate of drug-likeness (QED) is 0.775. The fraction of sp³-hybridized carbons (Fsp3) is 0.545. The second-order valence-corrected chi connectivity index (χ2v) is 7.65. The number of carbonyl (C=O) groups is 1. The molecule has 0 aromatic heterocycles. The summed E-state index contributed by atoms with van der Waals surface area (Å²) in [6.45, 7) is 3.18. The molecule has 3 rings (SSSR count).